The number of rotatable bonds is 3. The minimum Gasteiger partial charge on any atom is -0.497 e. The lowest BCUT2D eigenvalue weighted by Gasteiger charge is -2.33. The highest BCUT2D eigenvalue weighted by atomic mass is 16.5. The van der Waals surface area contributed by atoms with Gasteiger partial charge in [0.1, 0.15) is 5.75 Å². The molecule has 3 N–H and O–H groups in total. The zero-order valence-electron chi connectivity index (χ0n) is 14.0. The lowest BCUT2D eigenvalue weighted by molar-refractivity contribution is 0.415. The van der Waals surface area contributed by atoms with Crippen LogP contribution in [0.2, 0.25) is 0 Å². The summed E-state index contributed by atoms with van der Waals surface area (Å²) in [5.74, 6) is 1.51. The summed E-state index contributed by atoms with van der Waals surface area (Å²) in [4.78, 5) is 5.85. The molecule has 4 heteroatoms. The van der Waals surface area contributed by atoms with Crippen LogP contribution in [0.25, 0.3) is 10.9 Å². The van der Waals surface area contributed by atoms with Gasteiger partial charge in [-0.2, -0.15) is 0 Å². The van der Waals surface area contributed by atoms with Crippen molar-refractivity contribution in [3.8, 4) is 5.75 Å². The molecular formula is C20H23N3O. The summed E-state index contributed by atoms with van der Waals surface area (Å²) in [6, 6.07) is 14.4. The van der Waals surface area contributed by atoms with Crippen molar-refractivity contribution < 1.29 is 4.74 Å². The van der Waals surface area contributed by atoms with Crippen LogP contribution < -0.4 is 15.4 Å². The fourth-order valence-corrected chi connectivity index (χ4v) is 3.72. The number of anilines is 2. The Kier molecular flexibility index (Phi) is 3.81. The zero-order valence-corrected chi connectivity index (χ0v) is 14.0. The molecule has 124 valence electrons. The lowest BCUT2D eigenvalue weighted by Crippen LogP contribution is -2.32. The second kappa shape index (κ2) is 6.11. The zero-order chi connectivity index (χ0) is 16.5. The van der Waals surface area contributed by atoms with Gasteiger partial charge in [0.25, 0.3) is 0 Å². The molecule has 0 amide bonds. The summed E-state index contributed by atoms with van der Waals surface area (Å²) in [6.07, 6.45) is 4.50. The van der Waals surface area contributed by atoms with Crippen molar-refractivity contribution >= 4 is 22.3 Å². The normalized spacial score (nSPS) is 15.8. The number of methoxy groups -OCH3 is 1. The Morgan fingerprint density at radius 2 is 1.83 bits per heavy atom. The highest BCUT2D eigenvalue weighted by molar-refractivity contribution is 5.85. The van der Waals surface area contributed by atoms with Crippen LogP contribution in [0.4, 0.5) is 11.4 Å². The number of hydrogen-bond donors (Lipinski definition) is 2. The first-order valence-electron chi connectivity index (χ1n) is 8.50. The molecule has 2 aromatic carbocycles. The lowest BCUT2D eigenvalue weighted by atomic mass is 9.89. The van der Waals surface area contributed by atoms with Gasteiger partial charge in [-0.15, -0.1) is 0 Å². The molecule has 4 rings (SSSR count). The van der Waals surface area contributed by atoms with Crippen molar-refractivity contribution in [2.75, 3.05) is 30.8 Å². The van der Waals surface area contributed by atoms with Gasteiger partial charge in [-0.05, 0) is 66.8 Å². The third-order valence-corrected chi connectivity index (χ3v) is 5.11. The number of hydrogen-bond acceptors (Lipinski definition) is 3. The molecule has 1 saturated heterocycles. The quantitative estimate of drug-likeness (QED) is 0.713. The summed E-state index contributed by atoms with van der Waals surface area (Å²) in [7, 11) is 1.72. The Morgan fingerprint density at radius 3 is 2.54 bits per heavy atom. The maximum Gasteiger partial charge on any atom is 0.119 e. The van der Waals surface area contributed by atoms with Gasteiger partial charge in [0.05, 0.1) is 7.11 Å². The van der Waals surface area contributed by atoms with Gasteiger partial charge >= 0.3 is 0 Å². The molecule has 0 atom stereocenters. The van der Waals surface area contributed by atoms with Gasteiger partial charge in [0.15, 0.2) is 0 Å². The van der Waals surface area contributed by atoms with E-state index in [9.17, 15) is 0 Å². The van der Waals surface area contributed by atoms with Crippen LogP contribution in [0.15, 0.2) is 48.7 Å². The average molecular weight is 321 g/mol. The first kappa shape index (κ1) is 14.9. The van der Waals surface area contributed by atoms with Crippen LogP contribution in [0.3, 0.4) is 0 Å². The van der Waals surface area contributed by atoms with E-state index in [0.717, 1.165) is 37.4 Å². The molecule has 1 aliphatic rings. The molecule has 4 nitrogen and oxygen atoms in total. The molecule has 3 aromatic rings. The number of nitrogens with zero attached hydrogens (tertiary/aromatic N) is 1. The maximum atomic E-state index is 5.79. The molecule has 1 aliphatic heterocycles. The SMILES string of the molecule is COc1ccc2[nH]cc(C3CCN(c4ccc(N)cc4)CC3)c2c1. The van der Waals surface area contributed by atoms with Crippen LogP contribution >= 0.6 is 0 Å². The summed E-state index contributed by atoms with van der Waals surface area (Å²) >= 11 is 0. The van der Waals surface area contributed by atoms with Crippen LogP contribution in [0.5, 0.6) is 5.75 Å². The highest BCUT2D eigenvalue weighted by Gasteiger charge is 2.23. The minimum atomic E-state index is 0.593. The van der Waals surface area contributed by atoms with Gasteiger partial charge in [0.2, 0.25) is 0 Å². The Labute approximate surface area is 142 Å². The number of benzene rings is 2. The number of aromatic nitrogens is 1. The molecule has 0 unspecified atom stereocenters. The van der Waals surface area contributed by atoms with E-state index in [1.165, 1.54) is 22.2 Å². The van der Waals surface area contributed by atoms with Gasteiger partial charge < -0.3 is 20.4 Å². The number of piperidine rings is 1. The van der Waals surface area contributed by atoms with Gasteiger partial charge in [-0.3, -0.25) is 0 Å². The fourth-order valence-electron chi connectivity index (χ4n) is 3.72. The second-order valence-electron chi connectivity index (χ2n) is 6.51. The number of ether oxygens (including phenoxy) is 1. The predicted molar refractivity (Wildman–Crippen MR) is 99.9 cm³/mol. The van der Waals surface area contributed by atoms with E-state index in [1.807, 2.05) is 18.2 Å². The van der Waals surface area contributed by atoms with E-state index in [0.29, 0.717) is 5.92 Å². The van der Waals surface area contributed by atoms with E-state index in [1.54, 1.807) is 7.11 Å². The molecule has 0 bridgehead atoms. The standard InChI is InChI=1S/C20H23N3O/c1-24-17-6-7-20-18(12-17)19(13-22-20)14-8-10-23(11-9-14)16-4-2-15(21)3-5-16/h2-7,12-14,22H,8-11,21H2,1H3. The van der Waals surface area contributed by atoms with Gasteiger partial charge in [-0.25, -0.2) is 0 Å². The number of aromatic amines is 1. The first-order valence-corrected chi connectivity index (χ1v) is 8.50. The molecule has 2 heterocycles. The third-order valence-electron chi connectivity index (χ3n) is 5.11. The number of nitrogens with one attached hydrogen (secondary N) is 1. The summed E-state index contributed by atoms with van der Waals surface area (Å²) < 4.78 is 5.39. The Balaban J connectivity index is 1.52. The molecule has 0 aliphatic carbocycles. The number of fused-ring (bicyclic) bond motifs is 1. The Morgan fingerprint density at radius 1 is 1.08 bits per heavy atom. The molecule has 0 spiro atoms. The van der Waals surface area contributed by atoms with Crippen molar-refractivity contribution in [2.45, 2.75) is 18.8 Å². The largest absolute Gasteiger partial charge is 0.497 e. The highest BCUT2D eigenvalue weighted by Crippen LogP contribution is 2.35. The van der Waals surface area contributed by atoms with E-state index >= 15 is 0 Å². The van der Waals surface area contributed by atoms with Crippen LogP contribution in [-0.2, 0) is 0 Å². The van der Waals surface area contributed by atoms with Crippen molar-refractivity contribution in [2.24, 2.45) is 0 Å². The van der Waals surface area contributed by atoms with Crippen molar-refractivity contribution in [1.82, 2.24) is 4.98 Å². The van der Waals surface area contributed by atoms with E-state index < -0.39 is 0 Å². The van der Waals surface area contributed by atoms with E-state index in [4.69, 9.17) is 10.5 Å². The van der Waals surface area contributed by atoms with Crippen LogP contribution in [0, 0.1) is 0 Å². The smallest absolute Gasteiger partial charge is 0.119 e. The second-order valence-corrected chi connectivity index (χ2v) is 6.51. The van der Waals surface area contributed by atoms with Crippen LogP contribution in [0.1, 0.15) is 24.3 Å². The average Bonchev–Trinajstić information content (AvgIpc) is 3.05. The predicted octanol–water partition coefficient (Wildman–Crippen LogP) is 4.14. The molecule has 0 saturated carbocycles. The van der Waals surface area contributed by atoms with Crippen molar-refractivity contribution in [1.29, 1.82) is 0 Å². The summed E-state index contributed by atoms with van der Waals surface area (Å²) in [5.41, 5.74) is 10.5. The van der Waals surface area contributed by atoms with Crippen molar-refractivity contribution in [3.05, 3.63) is 54.2 Å². The summed E-state index contributed by atoms with van der Waals surface area (Å²) in [5, 5.41) is 1.29. The molecule has 24 heavy (non-hydrogen) atoms. The van der Waals surface area contributed by atoms with Crippen LogP contribution in [-0.4, -0.2) is 25.2 Å². The fraction of sp³-hybridized carbons (Fsp3) is 0.300. The summed E-state index contributed by atoms with van der Waals surface area (Å²) in [6.45, 7) is 2.15. The van der Waals surface area contributed by atoms with Gasteiger partial charge in [-0.1, -0.05) is 0 Å². The first-order chi connectivity index (χ1) is 11.7. The van der Waals surface area contributed by atoms with Gasteiger partial charge in [0, 0.05) is 41.6 Å². The molecule has 1 aromatic heterocycles. The number of H-pyrrole nitrogens is 1. The topological polar surface area (TPSA) is 54.3 Å². The maximum absolute atomic E-state index is 5.79. The number of nitrogens with two attached hydrogens (primary N) is 1. The van der Waals surface area contributed by atoms with Crippen molar-refractivity contribution in [3.63, 3.8) is 0 Å². The minimum absolute atomic E-state index is 0.593. The Bertz CT molecular complexity index is 830. The third kappa shape index (κ3) is 2.68. The number of nitrogen functional groups attached to an aromatic ring is 1. The van der Waals surface area contributed by atoms with E-state index in [2.05, 4.69) is 40.3 Å². The van der Waals surface area contributed by atoms with E-state index in [-0.39, 0.29) is 0 Å². The molecule has 0 radical (unpaired) electrons. The monoisotopic (exact) mass is 321 g/mol. The Hall–Kier alpha value is -2.62. The molecular weight excluding hydrogens is 298 g/mol. The molecule has 1 fully saturated rings.